The summed E-state index contributed by atoms with van der Waals surface area (Å²) in [6.45, 7) is 0. The van der Waals surface area contributed by atoms with Crippen molar-refractivity contribution in [3.05, 3.63) is 306 Å². The Labute approximate surface area is 402 Å². The molecule has 1 heteroatoms. The summed E-state index contributed by atoms with van der Waals surface area (Å²) in [5.74, 6) is 0.166. The maximum absolute atomic E-state index is 2.50. The van der Waals surface area contributed by atoms with Crippen LogP contribution in [-0.4, -0.2) is 4.57 Å². The predicted octanol–water partition coefficient (Wildman–Crippen LogP) is 17.3. The van der Waals surface area contributed by atoms with E-state index in [2.05, 4.69) is 271 Å². The van der Waals surface area contributed by atoms with Gasteiger partial charge in [0.25, 0.3) is 0 Å². The van der Waals surface area contributed by atoms with Crippen LogP contribution in [0, 0.1) is 0 Å². The van der Waals surface area contributed by atoms with Crippen molar-refractivity contribution >= 4 is 21.8 Å². The first-order valence-electron chi connectivity index (χ1n) is 24.1. The van der Waals surface area contributed by atoms with Crippen LogP contribution in [0.5, 0.6) is 0 Å². The monoisotopic (exact) mass is 875 g/mol. The van der Waals surface area contributed by atoms with E-state index in [4.69, 9.17) is 0 Å². The molecule has 322 valence electrons. The number of fused-ring (bicyclic) bond motifs is 10. The minimum Gasteiger partial charge on any atom is -0.309 e. The fourth-order valence-corrected chi connectivity index (χ4v) is 12.2. The molecule has 0 amide bonds. The molecule has 14 rings (SSSR count). The lowest BCUT2D eigenvalue weighted by Gasteiger charge is -2.33. The second-order valence-electron chi connectivity index (χ2n) is 18.7. The molecule has 1 nitrogen and oxygen atoms in total. The average Bonchev–Trinajstić information content (AvgIpc) is 4.06. The largest absolute Gasteiger partial charge is 0.309 e. The quantitative estimate of drug-likeness (QED) is 0.150. The molecule has 2 aliphatic rings. The Hall–Kier alpha value is -8.78. The molecule has 0 fully saturated rings. The molecule has 0 saturated heterocycles. The molecular formula is C68H45N. The Morgan fingerprint density at radius 1 is 0.319 bits per heavy atom. The standard InChI is InChI=1S/C68H45N/c1-5-18-45(19-6-1)47-32-34-48(35-33-47)65-56-29-14-13-28-55(56)59-43-50(36-38-57(59)65)51-37-40-63-60(44-51)67-64(69(63)54-27-17-22-49(42-54)46-20-7-2-8-21-46)41-39-62-66(67)58-30-15-16-31-61(58)68(62,52-23-9-3-10-24-52)53-25-11-4-12-26-53/h1-44,65H. The maximum atomic E-state index is 2.50. The highest BCUT2D eigenvalue weighted by Gasteiger charge is 2.47. The summed E-state index contributed by atoms with van der Waals surface area (Å²) in [5, 5.41) is 2.52. The summed E-state index contributed by atoms with van der Waals surface area (Å²) in [5.41, 5.74) is 24.7. The van der Waals surface area contributed by atoms with E-state index in [0.29, 0.717) is 0 Å². The van der Waals surface area contributed by atoms with Crippen LogP contribution in [0.25, 0.3) is 83.1 Å². The first-order valence-corrected chi connectivity index (χ1v) is 24.1. The van der Waals surface area contributed by atoms with E-state index < -0.39 is 5.41 Å². The van der Waals surface area contributed by atoms with E-state index in [0.717, 1.165) is 5.69 Å². The molecule has 2 aliphatic carbocycles. The molecule has 0 radical (unpaired) electrons. The van der Waals surface area contributed by atoms with Crippen LogP contribution in [-0.2, 0) is 5.41 Å². The highest BCUT2D eigenvalue weighted by molar-refractivity contribution is 6.19. The van der Waals surface area contributed by atoms with Crippen molar-refractivity contribution in [3.63, 3.8) is 0 Å². The molecule has 69 heavy (non-hydrogen) atoms. The molecule has 0 N–H and O–H groups in total. The van der Waals surface area contributed by atoms with Crippen LogP contribution < -0.4 is 0 Å². The molecule has 1 heterocycles. The lowest BCUT2D eigenvalue weighted by molar-refractivity contribution is 0.769. The van der Waals surface area contributed by atoms with Gasteiger partial charge in [0, 0.05) is 22.4 Å². The van der Waals surface area contributed by atoms with Crippen LogP contribution >= 0.6 is 0 Å². The molecule has 1 unspecified atom stereocenters. The van der Waals surface area contributed by atoms with Gasteiger partial charge in [-0.05, 0) is 131 Å². The van der Waals surface area contributed by atoms with Crippen molar-refractivity contribution in [3.8, 4) is 61.3 Å². The summed E-state index contributed by atoms with van der Waals surface area (Å²) >= 11 is 0. The lowest BCUT2D eigenvalue weighted by Crippen LogP contribution is -2.28. The highest BCUT2D eigenvalue weighted by Crippen LogP contribution is 2.59. The van der Waals surface area contributed by atoms with E-state index in [9.17, 15) is 0 Å². The van der Waals surface area contributed by atoms with Crippen molar-refractivity contribution in [2.45, 2.75) is 11.3 Å². The van der Waals surface area contributed by atoms with Gasteiger partial charge < -0.3 is 4.57 Å². The summed E-state index contributed by atoms with van der Waals surface area (Å²) in [4.78, 5) is 0. The maximum Gasteiger partial charge on any atom is 0.0713 e. The van der Waals surface area contributed by atoms with Crippen molar-refractivity contribution in [1.29, 1.82) is 0 Å². The number of rotatable bonds is 7. The van der Waals surface area contributed by atoms with Gasteiger partial charge in [0.2, 0.25) is 0 Å². The highest BCUT2D eigenvalue weighted by atomic mass is 15.0. The normalized spacial score (nSPS) is 14.1. The van der Waals surface area contributed by atoms with Gasteiger partial charge in [-0.3, -0.25) is 0 Å². The fourth-order valence-electron chi connectivity index (χ4n) is 12.2. The summed E-state index contributed by atoms with van der Waals surface area (Å²) in [6, 6.07) is 99.3. The first-order chi connectivity index (χ1) is 34.2. The fraction of sp³-hybridized carbons (Fsp3) is 0.0294. The van der Waals surface area contributed by atoms with Crippen molar-refractivity contribution in [2.24, 2.45) is 0 Å². The third kappa shape index (κ3) is 5.97. The molecule has 11 aromatic carbocycles. The zero-order valence-corrected chi connectivity index (χ0v) is 37.9. The molecule has 1 aromatic heterocycles. The first kappa shape index (κ1) is 39.4. The third-order valence-corrected chi connectivity index (χ3v) is 15.2. The zero-order valence-electron chi connectivity index (χ0n) is 37.9. The summed E-state index contributed by atoms with van der Waals surface area (Å²) < 4.78 is 2.50. The van der Waals surface area contributed by atoms with Crippen molar-refractivity contribution < 1.29 is 0 Å². The molecule has 0 aliphatic heterocycles. The number of hydrogen-bond donors (Lipinski definition) is 0. The molecule has 0 spiro atoms. The van der Waals surface area contributed by atoms with E-state index in [1.54, 1.807) is 0 Å². The zero-order chi connectivity index (χ0) is 45.5. The van der Waals surface area contributed by atoms with Crippen LogP contribution in [0.3, 0.4) is 0 Å². The number of aromatic nitrogens is 1. The van der Waals surface area contributed by atoms with E-state index in [1.165, 1.54) is 116 Å². The van der Waals surface area contributed by atoms with Gasteiger partial charge in [-0.1, -0.05) is 231 Å². The number of nitrogens with zero attached hydrogens (tertiary/aromatic N) is 1. The second-order valence-corrected chi connectivity index (χ2v) is 18.7. The lowest BCUT2D eigenvalue weighted by atomic mass is 9.67. The smallest absolute Gasteiger partial charge is 0.0713 e. The molecule has 1 atom stereocenters. The van der Waals surface area contributed by atoms with Gasteiger partial charge in [0.05, 0.1) is 16.4 Å². The SMILES string of the molecule is c1ccc(-c2ccc(C3c4ccccc4-c4cc(-c5ccc6c(c5)c5c7c(ccc5n6-c5cccc(-c6ccccc6)c5)C(c5ccccc5)(c5ccccc5)c5ccccc5-7)ccc43)cc2)cc1. The van der Waals surface area contributed by atoms with Gasteiger partial charge in [-0.2, -0.15) is 0 Å². The number of benzene rings is 11. The van der Waals surface area contributed by atoms with Crippen molar-refractivity contribution in [1.82, 2.24) is 4.57 Å². The van der Waals surface area contributed by atoms with Gasteiger partial charge in [-0.15, -0.1) is 0 Å². The van der Waals surface area contributed by atoms with E-state index in [-0.39, 0.29) is 5.92 Å². The minimum atomic E-state index is -0.506. The van der Waals surface area contributed by atoms with Crippen LogP contribution in [0.2, 0.25) is 0 Å². The van der Waals surface area contributed by atoms with Crippen molar-refractivity contribution in [2.75, 3.05) is 0 Å². The Morgan fingerprint density at radius 3 is 1.57 bits per heavy atom. The van der Waals surface area contributed by atoms with E-state index in [1.807, 2.05) is 0 Å². The minimum absolute atomic E-state index is 0.166. The Morgan fingerprint density at radius 2 is 0.841 bits per heavy atom. The van der Waals surface area contributed by atoms with Crippen LogP contribution in [0.1, 0.15) is 44.9 Å². The third-order valence-electron chi connectivity index (χ3n) is 15.2. The van der Waals surface area contributed by atoms with Gasteiger partial charge in [0.1, 0.15) is 0 Å². The summed E-state index contributed by atoms with van der Waals surface area (Å²) in [6.07, 6.45) is 0. The van der Waals surface area contributed by atoms with Crippen LogP contribution in [0.4, 0.5) is 0 Å². The molecular weight excluding hydrogens is 831 g/mol. The average molecular weight is 876 g/mol. The molecule has 0 saturated carbocycles. The Balaban J connectivity index is 0.998. The van der Waals surface area contributed by atoms with Gasteiger partial charge >= 0.3 is 0 Å². The van der Waals surface area contributed by atoms with Crippen LogP contribution in [0.15, 0.2) is 267 Å². The van der Waals surface area contributed by atoms with E-state index >= 15 is 0 Å². The Bertz CT molecular complexity index is 3880. The molecule has 12 aromatic rings. The number of hydrogen-bond acceptors (Lipinski definition) is 0. The Kier molecular flexibility index (Phi) is 8.94. The second kappa shape index (κ2) is 15.7. The van der Waals surface area contributed by atoms with Gasteiger partial charge in [-0.25, -0.2) is 0 Å². The molecule has 0 bridgehead atoms. The topological polar surface area (TPSA) is 4.93 Å². The predicted molar refractivity (Wildman–Crippen MR) is 287 cm³/mol. The summed E-state index contributed by atoms with van der Waals surface area (Å²) in [7, 11) is 0. The van der Waals surface area contributed by atoms with Gasteiger partial charge in [0.15, 0.2) is 0 Å².